The lowest BCUT2D eigenvalue weighted by molar-refractivity contribution is -0.126. The van der Waals surface area contributed by atoms with Gasteiger partial charge in [0.1, 0.15) is 5.58 Å². The molecule has 0 saturated carbocycles. The van der Waals surface area contributed by atoms with Gasteiger partial charge in [-0.15, -0.1) is 0 Å². The van der Waals surface area contributed by atoms with Gasteiger partial charge in [0, 0.05) is 17.6 Å². The number of amides is 1. The molecule has 3 aromatic rings. The van der Waals surface area contributed by atoms with Crippen LogP contribution in [0.25, 0.3) is 11.0 Å². The van der Waals surface area contributed by atoms with Crippen molar-refractivity contribution in [3.05, 3.63) is 66.4 Å². The molecule has 0 aliphatic carbocycles. The molecule has 25 heavy (non-hydrogen) atoms. The molecular formula is C20H19NO4. The highest BCUT2D eigenvalue weighted by Crippen LogP contribution is 2.20. The quantitative estimate of drug-likeness (QED) is 0.660. The standard InChI is InChI=1S/C20H19NO4/c1-3-21(16-10-5-4-6-11-16)19(22)14(2)24-20(23)18-13-15-9-7-8-12-17(15)25-18/h4-14H,3H2,1-2H3/t14-/m1/s1. The zero-order valence-electron chi connectivity index (χ0n) is 14.1. The summed E-state index contributed by atoms with van der Waals surface area (Å²) in [4.78, 5) is 26.5. The maximum Gasteiger partial charge on any atom is 0.375 e. The molecular weight excluding hydrogens is 318 g/mol. The van der Waals surface area contributed by atoms with Gasteiger partial charge < -0.3 is 14.1 Å². The number of fused-ring (bicyclic) bond motifs is 1. The van der Waals surface area contributed by atoms with Gasteiger partial charge in [-0.05, 0) is 38.1 Å². The second-order valence-electron chi connectivity index (χ2n) is 5.61. The second-order valence-corrected chi connectivity index (χ2v) is 5.61. The number of likely N-dealkylation sites (N-methyl/N-ethyl adjacent to an activating group) is 1. The van der Waals surface area contributed by atoms with Crippen molar-refractivity contribution >= 4 is 28.5 Å². The lowest BCUT2D eigenvalue weighted by Crippen LogP contribution is -2.40. The number of rotatable bonds is 5. The Hall–Kier alpha value is -3.08. The van der Waals surface area contributed by atoms with Gasteiger partial charge in [-0.2, -0.15) is 0 Å². The zero-order valence-corrected chi connectivity index (χ0v) is 14.1. The fraction of sp³-hybridized carbons (Fsp3) is 0.200. The molecule has 1 heterocycles. The first-order valence-electron chi connectivity index (χ1n) is 8.16. The van der Waals surface area contributed by atoms with Crippen molar-refractivity contribution in [3.63, 3.8) is 0 Å². The maximum atomic E-state index is 12.6. The summed E-state index contributed by atoms with van der Waals surface area (Å²) in [6, 6.07) is 18.2. The summed E-state index contributed by atoms with van der Waals surface area (Å²) < 4.78 is 10.8. The zero-order chi connectivity index (χ0) is 17.8. The van der Waals surface area contributed by atoms with Gasteiger partial charge in [-0.25, -0.2) is 4.79 Å². The maximum absolute atomic E-state index is 12.6. The van der Waals surface area contributed by atoms with E-state index in [1.807, 2.05) is 55.5 Å². The summed E-state index contributed by atoms with van der Waals surface area (Å²) in [5, 5.41) is 0.813. The van der Waals surface area contributed by atoms with Gasteiger partial charge in [0.2, 0.25) is 5.76 Å². The Balaban J connectivity index is 1.73. The minimum atomic E-state index is -0.916. The van der Waals surface area contributed by atoms with Gasteiger partial charge in [-0.3, -0.25) is 4.79 Å². The number of esters is 1. The first-order chi connectivity index (χ1) is 12.1. The highest BCUT2D eigenvalue weighted by atomic mass is 16.6. The number of ether oxygens (including phenoxy) is 1. The number of carbonyl (C=O) groups excluding carboxylic acids is 2. The van der Waals surface area contributed by atoms with Crippen molar-refractivity contribution in [2.45, 2.75) is 20.0 Å². The molecule has 0 radical (unpaired) electrons. The van der Waals surface area contributed by atoms with E-state index in [4.69, 9.17) is 9.15 Å². The largest absolute Gasteiger partial charge is 0.449 e. The fourth-order valence-corrected chi connectivity index (χ4v) is 2.64. The van der Waals surface area contributed by atoms with E-state index in [-0.39, 0.29) is 11.7 Å². The fourth-order valence-electron chi connectivity index (χ4n) is 2.64. The Morgan fingerprint density at radius 2 is 1.76 bits per heavy atom. The number of hydrogen-bond acceptors (Lipinski definition) is 4. The van der Waals surface area contributed by atoms with Crippen LogP contribution in [0.5, 0.6) is 0 Å². The monoisotopic (exact) mass is 337 g/mol. The minimum Gasteiger partial charge on any atom is -0.449 e. The van der Waals surface area contributed by atoms with Crippen LogP contribution in [0.1, 0.15) is 24.4 Å². The normalized spacial score (nSPS) is 11.9. The molecule has 3 rings (SSSR count). The molecule has 1 amide bonds. The molecule has 0 aliphatic rings. The summed E-state index contributed by atoms with van der Waals surface area (Å²) in [5.74, 6) is -0.845. The highest BCUT2D eigenvalue weighted by Gasteiger charge is 2.25. The number of furan rings is 1. The van der Waals surface area contributed by atoms with Gasteiger partial charge in [0.25, 0.3) is 5.91 Å². The molecule has 0 spiro atoms. The summed E-state index contributed by atoms with van der Waals surface area (Å²) in [6.45, 7) is 3.92. The third kappa shape index (κ3) is 3.55. The topological polar surface area (TPSA) is 59.8 Å². The molecule has 2 aromatic carbocycles. The smallest absolute Gasteiger partial charge is 0.375 e. The van der Waals surface area contributed by atoms with Crippen LogP contribution >= 0.6 is 0 Å². The lowest BCUT2D eigenvalue weighted by Gasteiger charge is -2.24. The van der Waals surface area contributed by atoms with Crippen LogP contribution in [0.15, 0.2) is 65.1 Å². The molecule has 1 aromatic heterocycles. The predicted octanol–water partition coefficient (Wildman–Crippen LogP) is 4.03. The van der Waals surface area contributed by atoms with Crippen molar-refractivity contribution in [2.24, 2.45) is 0 Å². The SMILES string of the molecule is CCN(C(=O)[C@@H](C)OC(=O)c1cc2ccccc2o1)c1ccccc1. The van der Waals surface area contributed by atoms with Crippen LogP contribution < -0.4 is 4.90 Å². The lowest BCUT2D eigenvalue weighted by atomic mass is 10.2. The molecule has 0 unspecified atom stereocenters. The summed E-state index contributed by atoms with van der Waals surface area (Å²) in [7, 11) is 0. The van der Waals surface area contributed by atoms with E-state index in [0.717, 1.165) is 11.1 Å². The van der Waals surface area contributed by atoms with Gasteiger partial charge in [0.15, 0.2) is 6.10 Å². The van der Waals surface area contributed by atoms with Gasteiger partial charge in [-0.1, -0.05) is 36.4 Å². The molecule has 0 saturated heterocycles. The molecule has 1 atom stereocenters. The van der Waals surface area contributed by atoms with Crippen molar-refractivity contribution in [1.29, 1.82) is 0 Å². The number of nitrogens with zero attached hydrogens (tertiary/aromatic N) is 1. The third-order valence-corrected chi connectivity index (χ3v) is 3.91. The number of benzene rings is 2. The van der Waals surface area contributed by atoms with Crippen molar-refractivity contribution in [2.75, 3.05) is 11.4 Å². The van der Waals surface area contributed by atoms with Crippen LogP contribution in [0.3, 0.4) is 0 Å². The Labute approximate surface area is 145 Å². The van der Waals surface area contributed by atoms with Crippen LogP contribution in [-0.4, -0.2) is 24.5 Å². The second kappa shape index (κ2) is 7.21. The molecule has 0 aliphatic heterocycles. The number of hydrogen-bond donors (Lipinski definition) is 0. The minimum absolute atomic E-state index is 0.0867. The van der Waals surface area contributed by atoms with E-state index in [2.05, 4.69) is 0 Å². The summed E-state index contributed by atoms with van der Waals surface area (Å²) in [6.07, 6.45) is -0.916. The Kier molecular flexibility index (Phi) is 4.84. The first kappa shape index (κ1) is 16.8. The van der Waals surface area contributed by atoms with Crippen LogP contribution in [0, 0.1) is 0 Å². The van der Waals surface area contributed by atoms with E-state index in [1.54, 1.807) is 24.0 Å². The van der Waals surface area contributed by atoms with E-state index < -0.39 is 12.1 Å². The molecule has 5 nitrogen and oxygen atoms in total. The van der Waals surface area contributed by atoms with Gasteiger partial charge >= 0.3 is 5.97 Å². The molecule has 0 N–H and O–H groups in total. The summed E-state index contributed by atoms with van der Waals surface area (Å²) in [5.41, 5.74) is 1.37. The van der Waals surface area contributed by atoms with Crippen molar-refractivity contribution in [3.8, 4) is 0 Å². The van der Waals surface area contributed by atoms with Crippen molar-refractivity contribution < 1.29 is 18.7 Å². The first-order valence-corrected chi connectivity index (χ1v) is 8.16. The Bertz CT molecular complexity index is 852. The van der Waals surface area contributed by atoms with E-state index in [9.17, 15) is 9.59 Å². The molecule has 5 heteroatoms. The van der Waals surface area contributed by atoms with Gasteiger partial charge in [0.05, 0.1) is 0 Å². The number of anilines is 1. The Morgan fingerprint density at radius 3 is 2.44 bits per heavy atom. The predicted molar refractivity (Wildman–Crippen MR) is 95.6 cm³/mol. The summed E-state index contributed by atoms with van der Waals surface area (Å²) >= 11 is 0. The Morgan fingerprint density at radius 1 is 1.08 bits per heavy atom. The van der Waals surface area contributed by atoms with Crippen molar-refractivity contribution in [1.82, 2.24) is 0 Å². The van der Waals surface area contributed by atoms with E-state index in [0.29, 0.717) is 12.1 Å². The average molecular weight is 337 g/mol. The number of carbonyl (C=O) groups is 2. The molecule has 128 valence electrons. The van der Waals surface area contributed by atoms with Crippen LogP contribution in [0.4, 0.5) is 5.69 Å². The van der Waals surface area contributed by atoms with E-state index in [1.165, 1.54) is 0 Å². The van der Waals surface area contributed by atoms with E-state index >= 15 is 0 Å². The highest BCUT2D eigenvalue weighted by molar-refractivity contribution is 5.99. The van der Waals surface area contributed by atoms with Crippen LogP contribution in [0.2, 0.25) is 0 Å². The molecule has 0 bridgehead atoms. The number of para-hydroxylation sites is 2. The third-order valence-electron chi connectivity index (χ3n) is 3.91. The van der Waals surface area contributed by atoms with Crippen LogP contribution in [-0.2, 0) is 9.53 Å². The average Bonchev–Trinajstić information content (AvgIpc) is 3.07. The molecule has 0 fully saturated rings.